The number of halogens is 1. The Labute approximate surface area is 162 Å². The van der Waals surface area contributed by atoms with Crippen LogP contribution in [0.5, 0.6) is 0 Å². The number of rotatable bonds is 9. The van der Waals surface area contributed by atoms with Crippen LogP contribution in [0.2, 0.25) is 0 Å². The lowest BCUT2D eigenvalue weighted by atomic mass is 9.78. The lowest BCUT2D eigenvalue weighted by Gasteiger charge is -2.28. The van der Waals surface area contributed by atoms with Crippen LogP contribution < -0.4 is 0 Å². The summed E-state index contributed by atoms with van der Waals surface area (Å²) < 4.78 is 16.1. The summed E-state index contributed by atoms with van der Waals surface area (Å²) in [6.07, 6.45) is -0.453. The van der Waals surface area contributed by atoms with Crippen molar-refractivity contribution < 1.29 is 28.6 Å². The monoisotopic (exact) mass is 428 g/mol. The maximum atomic E-state index is 12.7. The third-order valence-electron chi connectivity index (χ3n) is 3.81. The number of aryl methyl sites for hydroxylation is 1. The van der Waals surface area contributed by atoms with Crippen LogP contribution in [0.25, 0.3) is 0 Å². The molecule has 0 aliphatic heterocycles. The van der Waals surface area contributed by atoms with Crippen molar-refractivity contribution in [3.05, 3.63) is 33.8 Å². The van der Waals surface area contributed by atoms with Gasteiger partial charge in [0.2, 0.25) is 0 Å². The van der Waals surface area contributed by atoms with Crippen LogP contribution in [0, 0.1) is 12.3 Å². The molecule has 1 rings (SSSR count). The Hall–Kier alpha value is -1.89. The average molecular weight is 429 g/mol. The SMILES string of the molecule is CCOC(=O)CC(Cc1ccc(Br)c(C)c1)(C(=O)OCC)C(=O)OCC. The average Bonchev–Trinajstić information content (AvgIpc) is 2.58. The summed E-state index contributed by atoms with van der Waals surface area (Å²) in [6.45, 7) is 7.16. The molecule has 0 aliphatic rings. The van der Waals surface area contributed by atoms with Crippen molar-refractivity contribution in [2.45, 2.75) is 40.5 Å². The fraction of sp³-hybridized carbons (Fsp3) is 0.526. The van der Waals surface area contributed by atoms with Crippen molar-refractivity contribution in [1.82, 2.24) is 0 Å². The highest BCUT2D eigenvalue weighted by molar-refractivity contribution is 9.10. The molecule has 0 aromatic heterocycles. The van der Waals surface area contributed by atoms with Crippen molar-refractivity contribution in [3.63, 3.8) is 0 Å². The van der Waals surface area contributed by atoms with E-state index in [-0.39, 0.29) is 26.2 Å². The van der Waals surface area contributed by atoms with Crippen LogP contribution in [0.15, 0.2) is 22.7 Å². The molecule has 0 N–H and O–H groups in total. The van der Waals surface area contributed by atoms with Crippen LogP contribution in [-0.4, -0.2) is 37.7 Å². The molecule has 0 heterocycles. The molecule has 144 valence electrons. The molecule has 0 atom stereocenters. The van der Waals surface area contributed by atoms with Crippen molar-refractivity contribution in [3.8, 4) is 0 Å². The lowest BCUT2D eigenvalue weighted by molar-refractivity contribution is -0.177. The summed E-state index contributed by atoms with van der Waals surface area (Å²) in [5, 5.41) is 0. The van der Waals surface area contributed by atoms with Gasteiger partial charge in [-0.1, -0.05) is 28.1 Å². The Morgan fingerprint density at radius 3 is 1.96 bits per heavy atom. The molecule has 0 spiro atoms. The summed E-state index contributed by atoms with van der Waals surface area (Å²) in [5.74, 6) is -2.22. The zero-order valence-electron chi connectivity index (χ0n) is 15.6. The second-order valence-electron chi connectivity index (χ2n) is 5.77. The fourth-order valence-corrected chi connectivity index (χ4v) is 2.84. The van der Waals surface area contributed by atoms with Crippen LogP contribution >= 0.6 is 15.9 Å². The van der Waals surface area contributed by atoms with E-state index in [1.54, 1.807) is 26.8 Å². The first-order valence-corrected chi connectivity index (χ1v) is 9.35. The van der Waals surface area contributed by atoms with Gasteiger partial charge in [0.05, 0.1) is 26.2 Å². The van der Waals surface area contributed by atoms with Crippen molar-refractivity contribution in [2.24, 2.45) is 5.41 Å². The van der Waals surface area contributed by atoms with Gasteiger partial charge in [-0.25, -0.2) is 0 Å². The van der Waals surface area contributed by atoms with Gasteiger partial charge in [-0.05, 0) is 51.3 Å². The lowest BCUT2D eigenvalue weighted by Crippen LogP contribution is -2.46. The van der Waals surface area contributed by atoms with Crippen molar-refractivity contribution in [2.75, 3.05) is 19.8 Å². The molecule has 0 unspecified atom stereocenters. The molecule has 1 aromatic carbocycles. The van der Waals surface area contributed by atoms with Crippen LogP contribution in [-0.2, 0) is 35.0 Å². The molecule has 7 heteroatoms. The van der Waals surface area contributed by atoms with E-state index >= 15 is 0 Å². The number of hydrogen-bond donors (Lipinski definition) is 0. The van der Waals surface area contributed by atoms with Crippen LogP contribution in [0.4, 0.5) is 0 Å². The summed E-state index contributed by atoms with van der Waals surface area (Å²) in [5.41, 5.74) is -0.116. The first kappa shape index (κ1) is 22.2. The van der Waals surface area contributed by atoms with Gasteiger partial charge in [0.15, 0.2) is 5.41 Å². The second-order valence-corrected chi connectivity index (χ2v) is 6.62. The largest absolute Gasteiger partial charge is 0.466 e. The van der Waals surface area contributed by atoms with E-state index < -0.39 is 29.7 Å². The fourth-order valence-electron chi connectivity index (χ4n) is 2.60. The number of carbonyl (C=O) groups is 3. The third-order valence-corrected chi connectivity index (χ3v) is 4.70. The van der Waals surface area contributed by atoms with Crippen LogP contribution in [0.3, 0.4) is 0 Å². The maximum absolute atomic E-state index is 12.7. The Morgan fingerprint density at radius 1 is 0.962 bits per heavy atom. The minimum atomic E-state index is -1.78. The van der Waals surface area contributed by atoms with Gasteiger partial charge in [0.25, 0.3) is 0 Å². The molecular weight excluding hydrogens is 404 g/mol. The Kier molecular flexibility index (Phi) is 8.78. The van der Waals surface area contributed by atoms with E-state index in [0.29, 0.717) is 0 Å². The molecule has 0 bridgehead atoms. The molecule has 0 fully saturated rings. The van der Waals surface area contributed by atoms with E-state index in [1.165, 1.54) is 0 Å². The first-order chi connectivity index (χ1) is 12.3. The van der Waals surface area contributed by atoms with Crippen molar-refractivity contribution >= 4 is 33.8 Å². The number of hydrogen-bond acceptors (Lipinski definition) is 6. The molecule has 0 saturated carbocycles. The third kappa shape index (κ3) is 5.56. The zero-order chi connectivity index (χ0) is 19.7. The number of carbonyl (C=O) groups excluding carboxylic acids is 3. The Morgan fingerprint density at radius 2 is 1.50 bits per heavy atom. The van der Waals surface area contributed by atoms with E-state index in [4.69, 9.17) is 14.2 Å². The van der Waals surface area contributed by atoms with Gasteiger partial charge in [-0.2, -0.15) is 0 Å². The zero-order valence-corrected chi connectivity index (χ0v) is 17.2. The summed E-state index contributed by atoms with van der Waals surface area (Å²) >= 11 is 3.42. The number of ether oxygens (including phenoxy) is 3. The highest BCUT2D eigenvalue weighted by atomic mass is 79.9. The van der Waals surface area contributed by atoms with Gasteiger partial charge < -0.3 is 14.2 Å². The topological polar surface area (TPSA) is 78.9 Å². The van der Waals surface area contributed by atoms with Gasteiger partial charge in [-0.15, -0.1) is 0 Å². The minimum absolute atomic E-state index is 0.0163. The van der Waals surface area contributed by atoms with E-state index in [1.807, 2.05) is 19.1 Å². The normalized spacial score (nSPS) is 11.0. The van der Waals surface area contributed by atoms with Crippen LogP contribution in [0.1, 0.15) is 38.3 Å². The van der Waals surface area contributed by atoms with E-state index in [0.717, 1.165) is 15.6 Å². The molecule has 0 aliphatic carbocycles. The highest BCUT2D eigenvalue weighted by Crippen LogP contribution is 2.33. The summed E-state index contributed by atoms with van der Waals surface area (Å²) in [7, 11) is 0. The maximum Gasteiger partial charge on any atom is 0.324 e. The highest BCUT2D eigenvalue weighted by Gasteiger charge is 2.51. The molecular formula is C19H25BrO6. The van der Waals surface area contributed by atoms with Gasteiger partial charge >= 0.3 is 17.9 Å². The first-order valence-electron chi connectivity index (χ1n) is 8.55. The van der Waals surface area contributed by atoms with Gasteiger partial charge in [-0.3, -0.25) is 14.4 Å². The molecule has 0 amide bonds. The molecule has 0 radical (unpaired) electrons. The molecule has 26 heavy (non-hydrogen) atoms. The molecule has 0 saturated heterocycles. The summed E-state index contributed by atoms with van der Waals surface area (Å²) in [6, 6.07) is 5.47. The standard InChI is InChI=1S/C19H25BrO6/c1-5-24-16(21)12-19(17(22)25-6-2,18(23)26-7-3)11-14-8-9-15(20)13(4)10-14/h8-10H,5-7,11-12H2,1-4H3. The number of benzene rings is 1. The number of esters is 3. The summed E-state index contributed by atoms with van der Waals surface area (Å²) in [4.78, 5) is 37.6. The van der Waals surface area contributed by atoms with Gasteiger partial charge in [0, 0.05) is 4.47 Å². The molecule has 6 nitrogen and oxygen atoms in total. The van der Waals surface area contributed by atoms with E-state index in [2.05, 4.69) is 15.9 Å². The smallest absolute Gasteiger partial charge is 0.324 e. The van der Waals surface area contributed by atoms with Crippen molar-refractivity contribution in [1.29, 1.82) is 0 Å². The quantitative estimate of drug-likeness (QED) is 0.340. The van der Waals surface area contributed by atoms with E-state index in [9.17, 15) is 14.4 Å². The minimum Gasteiger partial charge on any atom is -0.466 e. The predicted molar refractivity (Wildman–Crippen MR) is 99.5 cm³/mol. The molecule has 1 aromatic rings. The van der Waals surface area contributed by atoms with Gasteiger partial charge in [0.1, 0.15) is 0 Å². The second kappa shape index (κ2) is 10.3. The predicted octanol–water partition coefficient (Wildman–Crippen LogP) is 3.37. The Bertz CT molecular complexity index is 637. The Balaban J connectivity index is 3.37.